The van der Waals surface area contributed by atoms with E-state index in [0.717, 1.165) is 0 Å². The van der Waals surface area contributed by atoms with E-state index in [4.69, 9.17) is 5.73 Å². The van der Waals surface area contributed by atoms with E-state index in [-0.39, 0.29) is 11.8 Å². The molecule has 0 aliphatic heterocycles. The fraction of sp³-hybridized carbons (Fsp3) is 0.429. The summed E-state index contributed by atoms with van der Waals surface area (Å²) in [5, 5.41) is 0. The van der Waals surface area contributed by atoms with Gasteiger partial charge in [-0.05, 0) is 25.0 Å². The molecule has 4 heteroatoms. The average Bonchev–Trinajstić information content (AvgIpc) is 2.36. The van der Waals surface area contributed by atoms with Crippen molar-refractivity contribution >= 4 is 11.8 Å². The van der Waals surface area contributed by atoms with Crippen LogP contribution >= 0.6 is 0 Å². The van der Waals surface area contributed by atoms with Gasteiger partial charge in [-0.2, -0.15) is 0 Å². The van der Waals surface area contributed by atoms with Gasteiger partial charge in [0.05, 0.1) is 0 Å². The van der Waals surface area contributed by atoms with Crippen LogP contribution in [-0.2, 0) is 4.79 Å². The Balaban J connectivity index is 3.09. The lowest BCUT2D eigenvalue weighted by Crippen LogP contribution is -2.59. The number of amides is 2. The van der Waals surface area contributed by atoms with Crippen LogP contribution in [0, 0.1) is 5.92 Å². The topological polar surface area (TPSA) is 63.4 Å². The summed E-state index contributed by atoms with van der Waals surface area (Å²) in [5.74, 6) is -0.762. The largest absolute Gasteiger partial charge is 0.368 e. The Labute approximate surface area is 108 Å². The number of likely N-dealkylation sites (N-methyl/N-ethyl adjacent to an activating group) is 1. The van der Waals surface area contributed by atoms with E-state index in [0.29, 0.717) is 5.56 Å². The number of carbonyl (C=O) groups is 2. The molecule has 0 saturated carbocycles. The second kappa shape index (κ2) is 5.21. The lowest BCUT2D eigenvalue weighted by Gasteiger charge is -2.39. The summed E-state index contributed by atoms with van der Waals surface area (Å²) < 4.78 is 0. The lowest BCUT2D eigenvalue weighted by atomic mass is 9.85. The summed E-state index contributed by atoms with van der Waals surface area (Å²) in [5.41, 5.74) is 5.01. The predicted octanol–water partition coefficient (Wildman–Crippen LogP) is 1.66. The van der Waals surface area contributed by atoms with Crippen molar-refractivity contribution in [1.82, 2.24) is 4.90 Å². The van der Waals surface area contributed by atoms with Gasteiger partial charge in [0.15, 0.2) is 0 Å². The molecule has 4 nitrogen and oxygen atoms in total. The minimum Gasteiger partial charge on any atom is -0.368 e. The minimum atomic E-state index is -0.993. The molecule has 0 fully saturated rings. The van der Waals surface area contributed by atoms with E-state index in [1.807, 2.05) is 19.9 Å². The third-order valence-corrected chi connectivity index (χ3v) is 3.65. The summed E-state index contributed by atoms with van der Waals surface area (Å²) in [7, 11) is 1.61. The number of carbonyl (C=O) groups excluding carboxylic acids is 2. The Morgan fingerprint density at radius 3 is 2.11 bits per heavy atom. The molecule has 1 rings (SSSR count). The predicted molar refractivity (Wildman–Crippen MR) is 71.0 cm³/mol. The van der Waals surface area contributed by atoms with Crippen molar-refractivity contribution in [2.24, 2.45) is 11.7 Å². The third-order valence-electron chi connectivity index (χ3n) is 3.65. The number of nitrogens with zero attached hydrogens (tertiary/aromatic N) is 1. The Morgan fingerprint density at radius 1 is 1.22 bits per heavy atom. The zero-order valence-corrected chi connectivity index (χ0v) is 11.3. The van der Waals surface area contributed by atoms with Crippen LogP contribution in [0.25, 0.3) is 0 Å². The van der Waals surface area contributed by atoms with Crippen molar-refractivity contribution < 1.29 is 9.59 Å². The summed E-state index contributed by atoms with van der Waals surface area (Å²) in [6.45, 7) is 5.44. The molecular formula is C14H20N2O2. The molecule has 0 saturated heterocycles. The first-order chi connectivity index (χ1) is 8.31. The average molecular weight is 248 g/mol. The van der Waals surface area contributed by atoms with Crippen molar-refractivity contribution in [2.45, 2.75) is 26.3 Å². The molecule has 0 bridgehead atoms. The Bertz CT molecular complexity index is 442. The molecular weight excluding hydrogens is 228 g/mol. The quantitative estimate of drug-likeness (QED) is 0.880. The second-order valence-corrected chi connectivity index (χ2v) is 4.90. The highest BCUT2D eigenvalue weighted by atomic mass is 16.2. The molecule has 18 heavy (non-hydrogen) atoms. The maximum atomic E-state index is 12.3. The van der Waals surface area contributed by atoms with E-state index >= 15 is 0 Å². The summed E-state index contributed by atoms with van der Waals surface area (Å²) >= 11 is 0. The number of benzene rings is 1. The van der Waals surface area contributed by atoms with Gasteiger partial charge in [-0.25, -0.2) is 0 Å². The zero-order valence-electron chi connectivity index (χ0n) is 11.3. The van der Waals surface area contributed by atoms with Crippen molar-refractivity contribution in [3.63, 3.8) is 0 Å². The number of primary amides is 1. The van der Waals surface area contributed by atoms with Crippen LogP contribution < -0.4 is 5.73 Å². The first-order valence-corrected chi connectivity index (χ1v) is 5.95. The van der Waals surface area contributed by atoms with Gasteiger partial charge < -0.3 is 10.6 Å². The molecule has 0 heterocycles. The monoisotopic (exact) mass is 248 g/mol. The van der Waals surface area contributed by atoms with E-state index in [1.165, 1.54) is 4.90 Å². The normalized spacial score (nSPS) is 14.1. The van der Waals surface area contributed by atoms with Gasteiger partial charge in [0.2, 0.25) is 5.91 Å². The van der Waals surface area contributed by atoms with Crippen LogP contribution in [0.5, 0.6) is 0 Å². The summed E-state index contributed by atoms with van der Waals surface area (Å²) in [6, 6.07) is 8.86. The van der Waals surface area contributed by atoms with Crippen LogP contribution in [0.4, 0.5) is 0 Å². The van der Waals surface area contributed by atoms with Crippen LogP contribution in [0.3, 0.4) is 0 Å². The number of hydrogen-bond donors (Lipinski definition) is 1. The molecule has 98 valence electrons. The second-order valence-electron chi connectivity index (χ2n) is 4.90. The first-order valence-electron chi connectivity index (χ1n) is 5.95. The van der Waals surface area contributed by atoms with Gasteiger partial charge in [0.25, 0.3) is 5.91 Å². The van der Waals surface area contributed by atoms with E-state index in [2.05, 4.69) is 0 Å². The molecule has 2 N–H and O–H groups in total. The van der Waals surface area contributed by atoms with Gasteiger partial charge in [0.1, 0.15) is 5.54 Å². The molecule has 0 radical (unpaired) electrons. The molecule has 0 aliphatic carbocycles. The molecule has 0 aliphatic rings. The summed E-state index contributed by atoms with van der Waals surface area (Å²) in [4.78, 5) is 25.4. The Kier molecular flexibility index (Phi) is 4.11. The highest BCUT2D eigenvalue weighted by Gasteiger charge is 2.41. The zero-order chi connectivity index (χ0) is 13.9. The number of nitrogens with two attached hydrogens (primary N) is 1. The van der Waals surface area contributed by atoms with Crippen molar-refractivity contribution in [2.75, 3.05) is 7.05 Å². The SMILES string of the molecule is CC(C)C(C)(C(N)=O)N(C)C(=O)c1ccccc1. The third kappa shape index (κ3) is 2.37. The van der Waals surface area contributed by atoms with Crippen LogP contribution in [0.15, 0.2) is 30.3 Å². The van der Waals surface area contributed by atoms with Gasteiger partial charge in [-0.1, -0.05) is 32.0 Å². The molecule has 0 aromatic heterocycles. The van der Waals surface area contributed by atoms with Gasteiger partial charge in [-0.3, -0.25) is 9.59 Å². The van der Waals surface area contributed by atoms with E-state index in [1.54, 1.807) is 38.2 Å². The maximum Gasteiger partial charge on any atom is 0.254 e. The van der Waals surface area contributed by atoms with Crippen molar-refractivity contribution in [1.29, 1.82) is 0 Å². The van der Waals surface area contributed by atoms with Crippen molar-refractivity contribution in [3.05, 3.63) is 35.9 Å². The molecule has 2 amide bonds. The standard InChI is InChI=1S/C14H20N2O2/c1-10(2)14(3,13(15)18)16(4)12(17)11-8-6-5-7-9-11/h5-10H,1-4H3,(H2,15,18). The summed E-state index contributed by atoms with van der Waals surface area (Å²) in [6.07, 6.45) is 0. The molecule has 1 unspecified atom stereocenters. The molecule has 1 atom stereocenters. The van der Waals surface area contributed by atoms with Gasteiger partial charge in [0, 0.05) is 12.6 Å². The van der Waals surface area contributed by atoms with Gasteiger partial charge in [-0.15, -0.1) is 0 Å². The highest BCUT2D eigenvalue weighted by Crippen LogP contribution is 2.24. The van der Waals surface area contributed by atoms with E-state index in [9.17, 15) is 9.59 Å². The lowest BCUT2D eigenvalue weighted by molar-refractivity contribution is -0.129. The smallest absolute Gasteiger partial charge is 0.254 e. The van der Waals surface area contributed by atoms with Crippen LogP contribution in [0.1, 0.15) is 31.1 Å². The highest BCUT2D eigenvalue weighted by molar-refractivity contribution is 5.98. The maximum absolute atomic E-state index is 12.3. The molecule has 0 spiro atoms. The number of rotatable bonds is 4. The van der Waals surface area contributed by atoms with Crippen LogP contribution in [0.2, 0.25) is 0 Å². The van der Waals surface area contributed by atoms with Gasteiger partial charge >= 0.3 is 0 Å². The van der Waals surface area contributed by atoms with Crippen LogP contribution in [-0.4, -0.2) is 29.3 Å². The fourth-order valence-electron chi connectivity index (χ4n) is 1.82. The molecule has 1 aromatic rings. The molecule has 1 aromatic carbocycles. The van der Waals surface area contributed by atoms with Crippen molar-refractivity contribution in [3.8, 4) is 0 Å². The fourth-order valence-corrected chi connectivity index (χ4v) is 1.82. The first kappa shape index (κ1) is 14.2. The Morgan fingerprint density at radius 2 is 1.72 bits per heavy atom. The Hall–Kier alpha value is -1.84. The minimum absolute atomic E-state index is 0.0623. The number of hydrogen-bond acceptors (Lipinski definition) is 2. The van der Waals surface area contributed by atoms with E-state index < -0.39 is 11.4 Å².